The first-order valence-corrected chi connectivity index (χ1v) is 6.67. The second-order valence-corrected chi connectivity index (χ2v) is 5.12. The number of pyridine rings is 1. The van der Waals surface area contributed by atoms with Crippen LogP contribution in [0.4, 0.5) is 13.2 Å². The van der Waals surface area contributed by atoms with Crippen molar-refractivity contribution in [3.63, 3.8) is 0 Å². The summed E-state index contributed by atoms with van der Waals surface area (Å²) in [6, 6.07) is 12.7. The Morgan fingerprint density at radius 1 is 1.00 bits per heavy atom. The zero-order chi connectivity index (χ0) is 15.9. The van der Waals surface area contributed by atoms with Crippen LogP contribution >= 0.6 is 0 Å². The smallest absolute Gasteiger partial charge is 0.350 e. The van der Waals surface area contributed by atoms with Gasteiger partial charge in [0.15, 0.2) is 5.43 Å². The number of fused-ring (bicyclic) bond motifs is 1. The molecule has 0 radical (unpaired) electrons. The number of hydrogen-bond donors (Lipinski definition) is 1. The predicted molar refractivity (Wildman–Crippen MR) is 79.7 cm³/mol. The zero-order valence-corrected chi connectivity index (χ0v) is 11.7. The summed E-state index contributed by atoms with van der Waals surface area (Å²) in [5.41, 5.74) is -0.721. The van der Waals surface area contributed by atoms with Gasteiger partial charge in [-0.3, -0.25) is 4.79 Å². The van der Waals surface area contributed by atoms with Crippen molar-refractivity contribution in [2.75, 3.05) is 0 Å². The molecule has 3 aromatic rings. The Morgan fingerprint density at radius 2 is 1.68 bits per heavy atom. The maximum atomic E-state index is 13.4. The number of aromatic amines is 1. The minimum atomic E-state index is -4.64. The molecule has 0 saturated heterocycles. The van der Waals surface area contributed by atoms with E-state index in [0.29, 0.717) is 0 Å². The quantitative estimate of drug-likeness (QED) is 0.704. The second kappa shape index (κ2) is 5.02. The van der Waals surface area contributed by atoms with Gasteiger partial charge in [0, 0.05) is 10.9 Å². The molecule has 1 N–H and O–H groups in total. The molecule has 0 unspecified atom stereocenters. The highest BCUT2D eigenvalue weighted by Gasteiger charge is 2.36. The van der Waals surface area contributed by atoms with Crippen molar-refractivity contribution in [3.05, 3.63) is 70.0 Å². The third kappa shape index (κ3) is 2.39. The van der Waals surface area contributed by atoms with Gasteiger partial charge in [-0.1, -0.05) is 42.0 Å². The van der Waals surface area contributed by atoms with Gasteiger partial charge < -0.3 is 4.98 Å². The Bertz CT molecular complexity index is 895. The molecule has 0 aliphatic rings. The molecule has 0 atom stereocenters. The predicted octanol–water partition coefficient (Wildman–Crippen LogP) is 4.52. The third-order valence-electron chi connectivity index (χ3n) is 3.50. The summed E-state index contributed by atoms with van der Waals surface area (Å²) in [5.74, 6) is 0. The molecule has 0 spiro atoms. The molecule has 1 heterocycles. The zero-order valence-electron chi connectivity index (χ0n) is 11.7. The minimum absolute atomic E-state index is 0.183. The van der Waals surface area contributed by atoms with Crippen LogP contribution in [-0.4, -0.2) is 4.98 Å². The van der Waals surface area contributed by atoms with Crippen LogP contribution in [0, 0.1) is 6.92 Å². The highest BCUT2D eigenvalue weighted by molar-refractivity contribution is 5.85. The van der Waals surface area contributed by atoms with Gasteiger partial charge in [0.05, 0.1) is 5.56 Å². The number of benzene rings is 2. The second-order valence-electron chi connectivity index (χ2n) is 5.12. The van der Waals surface area contributed by atoms with E-state index in [1.54, 1.807) is 37.3 Å². The fraction of sp³-hybridized carbons (Fsp3) is 0.118. The lowest BCUT2D eigenvalue weighted by molar-refractivity contribution is -0.140. The molecule has 3 rings (SSSR count). The number of H-pyrrole nitrogens is 1. The lowest BCUT2D eigenvalue weighted by Crippen LogP contribution is -2.18. The van der Waals surface area contributed by atoms with Gasteiger partial charge in [-0.25, -0.2) is 0 Å². The minimum Gasteiger partial charge on any atom is -0.350 e. The van der Waals surface area contributed by atoms with Crippen molar-refractivity contribution in [1.29, 1.82) is 0 Å². The highest BCUT2D eigenvalue weighted by Crippen LogP contribution is 2.35. The van der Waals surface area contributed by atoms with E-state index in [1.807, 2.05) is 0 Å². The molecule has 0 bridgehead atoms. The first kappa shape index (κ1) is 14.4. The van der Waals surface area contributed by atoms with Gasteiger partial charge in [-0.2, -0.15) is 13.2 Å². The summed E-state index contributed by atoms with van der Waals surface area (Å²) in [4.78, 5) is 15.0. The molecule has 22 heavy (non-hydrogen) atoms. The maximum Gasteiger partial charge on any atom is 0.432 e. The molecule has 5 heteroatoms. The van der Waals surface area contributed by atoms with E-state index in [9.17, 15) is 18.0 Å². The van der Waals surface area contributed by atoms with Crippen LogP contribution in [0.3, 0.4) is 0 Å². The Balaban J connectivity index is 2.47. The number of aromatic nitrogens is 1. The SMILES string of the molecule is Cc1ccc2[nH]c(C(F)(F)F)c(-c3ccccc3)c(=O)c2c1. The van der Waals surface area contributed by atoms with Crippen molar-refractivity contribution < 1.29 is 13.2 Å². The largest absolute Gasteiger partial charge is 0.432 e. The van der Waals surface area contributed by atoms with Gasteiger partial charge in [-0.15, -0.1) is 0 Å². The summed E-state index contributed by atoms with van der Waals surface area (Å²) < 4.78 is 40.1. The molecule has 0 aliphatic heterocycles. The normalized spacial score (nSPS) is 11.8. The van der Waals surface area contributed by atoms with Crippen molar-refractivity contribution in [2.24, 2.45) is 0 Å². The average Bonchev–Trinajstić information content (AvgIpc) is 2.47. The van der Waals surface area contributed by atoms with Crippen molar-refractivity contribution in [2.45, 2.75) is 13.1 Å². The summed E-state index contributed by atoms with van der Waals surface area (Å²) in [6.45, 7) is 1.79. The number of halogens is 3. The Kier molecular flexibility index (Phi) is 3.28. The van der Waals surface area contributed by atoms with Gasteiger partial charge >= 0.3 is 6.18 Å². The van der Waals surface area contributed by atoms with Crippen LogP contribution in [0.1, 0.15) is 11.3 Å². The van der Waals surface area contributed by atoms with Crippen molar-refractivity contribution >= 4 is 10.9 Å². The van der Waals surface area contributed by atoms with Gasteiger partial charge in [0.25, 0.3) is 0 Å². The molecular weight excluding hydrogens is 291 g/mol. The first-order valence-electron chi connectivity index (χ1n) is 6.67. The molecule has 0 amide bonds. The number of aryl methyl sites for hydroxylation is 1. The Labute approximate surface area is 124 Å². The Morgan fingerprint density at radius 3 is 2.32 bits per heavy atom. The van der Waals surface area contributed by atoms with Crippen LogP contribution in [0.2, 0.25) is 0 Å². The average molecular weight is 303 g/mol. The molecule has 1 aromatic heterocycles. The number of nitrogens with one attached hydrogen (secondary N) is 1. The van der Waals surface area contributed by atoms with E-state index in [-0.39, 0.29) is 22.0 Å². The summed E-state index contributed by atoms with van der Waals surface area (Å²) in [6.07, 6.45) is -4.64. The lowest BCUT2D eigenvalue weighted by atomic mass is 9.99. The number of hydrogen-bond acceptors (Lipinski definition) is 1. The summed E-state index contributed by atoms with van der Waals surface area (Å²) in [7, 11) is 0. The monoisotopic (exact) mass is 303 g/mol. The lowest BCUT2D eigenvalue weighted by Gasteiger charge is -2.14. The van der Waals surface area contributed by atoms with Crippen LogP contribution in [-0.2, 0) is 6.18 Å². The fourth-order valence-corrected chi connectivity index (χ4v) is 2.49. The molecular formula is C17H12F3NO. The van der Waals surface area contributed by atoms with E-state index >= 15 is 0 Å². The summed E-state index contributed by atoms with van der Waals surface area (Å²) in [5, 5.41) is 0.256. The van der Waals surface area contributed by atoms with Crippen LogP contribution in [0.5, 0.6) is 0 Å². The number of rotatable bonds is 1. The Hall–Kier alpha value is -2.56. The summed E-state index contributed by atoms with van der Waals surface area (Å²) >= 11 is 0. The van der Waals surface area contributed by atoms with E-state index in [0.717, 1.165) is 5.56 Å². The van der Waals surface area contributed by atoms with Crippen LogP contribution < -0.4 is 5.43 Å². The van der Waals surface area contributed by atoms with E-state index in [4.69, 9.17) is 0 Å². The molecule has 0 fully saturated rings. The maximum absolute atomic E-state index is 13.4. The van der Waals surface area contributed by atoms with Crippen LogP contribution in [0.25, 0.3) is 22.0 Å². The first-order chi connectivity index (χ1) is 10.4. The van der Waals surface area contributed by atoms with Gasteiger partial charge in [-0.05, 0) is 24.6 Å². The van der Waals surface area contributed by atoms with Crippen molar-refractivity contribution in [3.8, 4) is 11.1 Å². The van der Waals surface area contributed by atoms with Gasteiger partial charge in [0.1, 0.15) is 5.69 Å². The molecule has 2 nitrogen and oxygen atoms in total. The molecule has 112 valence electrons. The van der Waals surface area contributed by atoms with Crippen molar-refractivity contribution in [1.82, 2.24) is 4.98 Å². The topological polar surface area (TPSA) is 32.9 Å². The van der Waals surface area contributed by atoms with E-state index < -0.39 is 17.3 Å². The third-order valence-corrected chi connectivity index (χ3v) is 3.50. The van der Waals surface area contributed by atoms with Crippen LogP contribution in [0.15, 0.2) is 53.3 Å². The molecule has 0 aliphatic carbocycles. The standard InChI is InChI=1S/C17H12F3NO/c1-10-7-8-13-12(9-10)15(22)14(11-5-3-2-4-6-11)16(21-13)17(18,19)20/h2-9H,1H3,(H,21,22). The fourth-order valence-electron chi connectivity index (χ4n) is 2.49. The van der Waals surface area contributed by atoms with E-state index in [1.165, 1.54) is 18.2 Å². The number of alkyl halides is 3. The molecule has 0 saturated carbocycles. The highest BCUT2D eigenvalue weighted by atomic mass is 19.4. The molecule has 2 aromatic carbocycles. The van der Waals surface area contributed by atoms with E-state index in [2.05, 4.69) is 4.98 Å². The van der Waals surface area contributed by atoms with Gasteiger partial charge in [0.2, 0.25) is 0 Å².